The standard InChI is InChI=1S/C17H18N2O2S/c1-12-4-2-5-13(8-12)15(20)10-18-9-14-11-22-17(19-14)16-6-3-7-21-16/h2-8,11,15,18,20H,9-10H2,1H3. The molecule has 4 nitrogen and oxygen atoms in total. The van der Waals surface area contributed by atoms with Gasteiger partial charge in [-0.1, -0.05) is 29.8 Å². The number of hydrogen-bond acceptors (Lipinski definition) is 5. The van der Waals surface area contributed by atoms with Crippen LogP contribution in [-0.2, 0) is 6.54 Å². The zero-order valence-electron chi connectivity index (χ0n) is 12.3. The lowest BCUT2D eigenvalue weighted by atomic mass is 10.1. The average molecular weight is 314 g/mol. The molecule has 0 saturated carbocycles. The third kappa shape index (κ3) is 3.62. The highest BCUT2D eigenvalue weighted by Gasteiger charge is 2.09. The van der Waals surface area contributed by atoms with Gasteiger partial charge in [0.15, 0.2) is 10.8 Å². The zero-order valence-corrected chi connectivity index (χ0v) is 13.1. The second kappa shape index (κ2) is 6.87. The number of aliphatic hydroxyl groups is 1. The van der Waals surface area contributed by atoms with Crippen molar-refractivity contribution < 1.29 is 9.52 Å². The lowest BCUT2D eigenvalue weighted by Crippen LogP contribution is -2.21. The molecule has 2 aromatic heterocycles. The van der Waals surface area contributed by atoms with Crippen LogP contribution in [0.5, 0.6) is 0 Å². The molecule has 0 aliphatic carbocycles. The Balaban J connectivity index is 1.53. The molecule has 3 aromatic rings. The number of furan rings is 1. The van der Waals surface area contributed by atoms with Gasteiger partial charge in [0.2, 0.25) is 0 Å². The molecule has 0 aliphatic rings. The average Bonchev–Trinajstić information content (AvgIpc) is 3.18. The monoisotopic (exact) mass is 314 g/mol. The molecule has 0 aliphatic heterocycles. The summed E-state index contributed by atoms with van der Waals surface area (Å²) in [4.78, 5) is 4.52. The molecule has 1 aromatic carbocycles. The maximum absolute atomic E-state index is 10.2. The molecule has 114 valence electrons. The molecule has 0 spiro atoms. The van der Waals surface area contributed by atoms with Gasteiger partial charge in [0.25, 0.3) is 0 Å². The van der Waals surface area contributed by atoms with Crippen molar-refractivity contribution >= 4 is 11.3 Å². The van der Waals surface area contributed by atoms with Crippen molar-refractivity contribution in [3.05, 3.63) is 64.9 Å². The van der Waals surface area contributed by atoms with E-state index in [0.717, 1.165) is 27.6 Å². The van der Waals surface area contributed by atoms with Crippen LogP contribution in [0.25, 0.3) is 10.8 Å². The first kappa shape index (κ1) is 15.0. The Kier molecular flexibility index (Phi) is 4.68. The van der Waals surface area contributed by atoms with Gasteiger partial charge in [0.05, 0.1) is 18.1 Å². The first-order chi connectivity index (χ1) is 10.7. The van der Waals surface area contributed by atoms with Gasteiger partial charge in [-0.25, -0.2) is 4.98 Å². The van der Waals surface area contributed by atoms with E-state index in [9.17, 15) is 5.11 Å². The molecule has 1 atom stereocenters. The summed E-state index contributed by atoms with van der Waals surface area (Å²) in [6.07, 6.45) is 1.13. The van der Waals surface area contributed by atoms with Crippen molar-refractivity contribution in [3.8, 4) is 10.8 Å². The number of benzene rings is 1. The predicted molar refractivity (Wildman–Crippen MR) is 87.7 cm³/mol. The maximum atomic E-state index is 10.2. The largest absolute Gasteiger partial charge is 0.462 e. The molecule has 22 heavy (non-hydrogen) atoms. The molecule has 0 radical (unpaired) electrons. The number of aryl methyl sites for hydroxylation is 1. The summed E-state index contributed by atoms with van der Waals surface area (Å²) >= 11 is 1.56. The fraction of sp³-hybridized carbons (Fsp3) is 0.235. The molecule has 2 N–H and O–H groups in total. The van der Waals surface area contributed by atoms with Crippen LogP contribution in [0.4, 0.5) is 0 Å². The molecule has 0 bridgehead atoms. The third-order valence-electron chi connectivity index (χ3n) is 3.35. The molecule has 3 rings (SSSR count). The number of aromatic nitrogens is 1. The van der Waals surface area contributed by atoms with E-state index >= 15 is 0 Å². The molecule has 5 heteroatoms. The first-order valence-electron chi connectivity index (χ1n) is 7.16. The van der Waals surface area contributed by atoms with Crippen LogP contribution in [0.3, 0.4) is 0 Å². The lowest BCUT2D eigenvalue weighted by Gasteiger charge is -2.12. The van der Waals surface area contributed by atoms with Crippen molar-refractivity contribution in [2.45, 2.75) is 19.6 Å². The van der Waals surface area contributed by atoms with E-state index < -0.39 is 6.10 Å². The number of nitrogens with zero attached hydrogens (tertiary/aromatic N) is 1. The molecule has 0 amide bonds. The molecule has 1 unspecified atom stereocenters. The fourth-order valence-corrected chi connectivity index (χ4v) is 3.02. The molecular weight excluding hydrogens is 296 g/mol. The van der Waals surface area contributed by atoms with Gasteiger partial charge < -0.3 is 14.8 Å². The second-order valence-electron chi connectivity index (χ2n) is 5.18. The third-order valence-corrected chi connectivity index (χ3v) is 4.26. The minimum atomic E-state index is -0.511. The number of thiazole rings is 1. The summed E-state index contributed by atoms with van der Waals surface area (Å²) < 4.78 is 5.33. The van der Waals surface area contributed by atoms with Crippen LogP contribution < -0.4 is 5.32 Å². The maximum Gasteiger partial charge on any atom is 0.162 e. The van der Waals surface area contributed by atoms with Crippen molar-refractivity contribution in [3.63, 3.8) is 0 Å². The van der Waals surface area contributed by atoms with E-state index in [2.05, 4.69) is 10.3 Å². The summed E-state index contributed by atoms with van der Waals surface area (Å²) in [7, 11) is 0. The van der Waals surface area contributed by atoms with Crippen LogP contribution in [-0.4, -0.2) is 16.6 Å². The zero-order chi connectivity index (χ0) is 15.4. The summed E-state index contributed by atoms with van der Waals surface area (Å²) in [5.74, 6) is 0.788. The summed E-state index contributed by atoms with van der Waals surface area (Å²) in [5, 5.41) is 16.3. The number of rotatable bonds is 6. The van der Waals surface area contributed by atoms with Crippen LogP contribution in [0, 0.1) is 6.92 Å². The van der Waals surface area contributed by atoms with Gasteiger partial charge in [-0.15, -0.1) is 11.3 Å². The Labute approximate surface area is 133 Å². The predicted octanol–water partition coefficient (Wildman–Crippen LogP) is 3.53. The number of nitrogens with one attached hydrogen (secondary N) is 1. The Hall–Kier alpha value is -1.95. The van der Waals surface area contributed by atoms with Crippen LogP contribution in [0.15, 0.2) is 52.5 Å². The van der Waals surface area contributed by atoms with Crippen molar-refractivity contribution in [2.24, 2.45) is 0 Å². The van der Waals surface area contributed by atoms with E-state index in [1.54, 1.807) is 17.6 Å². The minimum absolute atomic E-state index is 0.497. The second-order valence-corrected chi connectivity index (χ2v) is 6.04. The van der Waals surface area contributed by atoms with Crippen LogP contribution in [0.2, 0.25) is 0 Å². The highest BCUT2D eigenvalue weighted by atomic mass is 32.1. The highest BCUT2D eigenvalue weighted by molar-refractivity contribution is 7.13. The fourth-order valence-electron chi connectivity index (χ4n) is 2.23. The lowest BCUT2D eigenvalue weighted by molar-refractivity contribution is 0.174. The van der Waals surface area contributed by atoms with Crippen molar-refractivity contribution in [1.82, 2.24) is 10.3 Å². The van der Waals surface area contributed by atoms with Gasteiger partial charge in [-0.2, -0.15) is 0 Å². The SMILES string of the molecule is Cc1cccc(C(O)CNCc2csc(-c3ccco3)n2)c1. The van der Waals surface area contributed by atoms with E-state index in [4.69, 9.17) is 4.42 Å². The molecular formula is C17H18N2O2S. The Morgan fingerprint density at radius 1 is 1.32 bits per heavy atom. The minimum Gasteiger partial charge on any atom is -0.462 e. The van der Waals surface area contributed by atoms with Gasteiger partial charge in [-0.05, 0) is 24.6 Å². The van der Waals surface area contributed by atoms with Crippen molar-refractivity contribution in [2.75, 3.05) is 6.54 Å². The van der Waals surface area contributed by atoms with Crippen molar-refractivity contribution in [1.29, 1.82) is 0 Å². The topological polar surface area (TPSA) is 58.3 Å². The van der Waals surface area contributed by atoms with Gasteiger partial charge >= 0.3 is 0 Å². The molecule has 0 saturated heterocycles. The molecule has 0 fully saturated rings. The summed E-state index contributed by atoms with van der Waals surface area (Å²) in [5.41, 5.74) is 3.04. The first-order valence-corrected chi connectivity index (χ1v) is 8.04. The highest BCUT2D eigenvalue weighted by Crippen LogP contribution is 2.23. The van der Waals surface area contributed by atoms with Crippen LogP contribution >= 0.6 is 11.3 Å². The van der Waals surface area contributed by atoms with Gasteiger partial charge in [0.1, 0.15) is 0 Å². The van der Waals surface area contributed by atoms with E-state index in [0.29, 0.717) is 13.1 Å². The summed E-state index contributed by atoms with van der Waals surface area (Å²) in [6, 6.07) is 11.7. The normalized spacial score (nSPS) is 12.5. The van der Waals surface area contributed by atoms with Gasteiger partial charge in [0, 0.05) is 18.5 Å². The Bertz CT molecular complexity index is 722. The molecule has 2 heterocycles. The quantitative estimate of drug-likeness (QED) is 0.731. The smallest absolute Gasteiger partial charge is 0.162 e. The van der Waals surface area contributed by atoms with Gasteiger partial charge in [-0.3, -0.25) is 0 Å². The summed E-state index contributed by atoms with van der Waals surface area (Å²) in [6.45, 7) is 3.15. The van der Waals surface area contributed by atoms with E-state index in [1.165, 1.54) is 0 Å². The van der Waals surface area contributed by atoms with E-state index in [-0.39, 0.29) is 0 Å². The Morgan fingerprint density at radius 2 is 2.23 bits per heavy atom. The Morgan fingerprint density at radius 3 is 3.00 bits per heavy atom. The number of hydrogen-bond donors (Lipinski definition) is 2. The number of aliphatic hydroxyl groups excluding tert-OH is 1. The van der Waals surface area contributed by atoms with E-state index in [1.807, 2.05) is 48.7 Å². The van der Waals surface area contributed by atoms with Crippen LogP contribution in [0.1, 0.15) is 22.9 Å².